The van der Waals surface area contributed by atoms with Crippen LogP contribution in [0.4, 0.5) is 5.69 Å². The molecule has 0 aliphatic carbocycles. The Morgan fingerprint density at radius 2 is 2.00 bits per heavy atom. The minimum Gasteiger partial charge on any atom is -0.356 e. The fraction of sp³-hybridized carbons (Fsp3) is 0.353. The standard InChI is InChI=1S/C17H21N3O2/c1-13(21)18-10-4-2-3-7-17(22)20-15-8-9-16-14(12-15)6-5-11-19-16/h5-6,8-9,11-12H,2-4,7,10H2,1H3,(H,18,21)(H,20,22). The van der Waals surface area contributed by atoms with Gasteiger partial charge in [0.1, 0.15) is 0 Å². The molecule has 0 fully saturated rings. The first-order chi connectivity index (χ1) is 10.6. The molecule has 0 saturated carbocycles. The van der Waals surface area contributed by atoms with Crippen LogP contribution in [-0.2, 0) is 9.59 Å². The number of unbranched alkanes of at least 4 members (excludes halogenated alkanes) is 2. The number of nitrogens with one attached hydrogen (secondary N) is 2. The first-order valence-electron chi connectivity index (χ1n) is 7.54. The minimum atomic E-state index is -0.0106. The van der Waals surface area contributed by atoms with Crippen LogP contribution in [0.25, 0.3) is 10.9 Å². The molecule has 1 aromatic heterocycles. The summed E-state index contributed by atoms with van der Waals surface area (Å²) >= 11 is 0. The molecule has 5 nitrogen and oxygen atoms in total. The second-order valence-electron chi connectivity index (χ2n) is 5.25. The fourth-order valence-electron chi connectivity index (χ4n) is 2.23. The van der Waals surface area contributed by atoms with Gasteiger partial charge in [-0.2, -0.15) is 0 Å². The number of aromatic nitrogens is 1. The van der Waals surface area contributed by atoms with Crippen molar-refractivity contribution < 1.29 is 9.59 Å². The highest BCUT2D eigenvalue weighted by Gasteiger charge is 2.03. The van der Waals surface area contributed by atoms with E-state index in [2.05, 4.69) is 15.6 Å². The number of hydrogen-bond acceptors (Lipinski definition) is 3. The number of amides is 2. The Bertz CT molecular complexity index is 655. The van der Waals surface area contributed by atoms with Crippen LogP contribution in [-0.4, -0.2) is 23.3 Å². The molecule has 0 aliphatic rings. The van der Waals surface area contributed by atoms with Crippen molar-refractivity contribution in [2.75, 3.05) is 11.9 Å². The second-order valence-corrected chi connectivity index (χ2v) is 5.25. The molecule has 5 heteroatoms. The molecule has 0 bridgehead atoms. The summed E-state index contributed by atoms with van der Waals surface area (Å²) in [7, 11) is 0. The molecule has 0 atom stereocenters. The third kappa shape index (κ3) is 5.16. The Kier molecular flexibility index (Phi) is 5.89. The van der Waals surface area contributed by atoms with Gasteiger partial charge in [0.25, 0.3) is 0 Å². The molecule has 0 radical (unpaired) electrons. The van der Waals surface area contributed by atoms with Crippen LogP contribution in [0.2, 0.25) is 0 Å². The van der Waals surface area contributed by atoms with Gasteiger partial charge in [0.2, 0.25) is 11.8 Å². The molecule has 22 heavy (non-hydrogen) atoms. The van der Waals surface area contributed by atoms with Crippen LogP contribution < -0.4 is 10.6 Å². The largest absolute Gasteiger partial charge is 0.356 e. The van der Waals surface area contributed by atoms with Crippen molar-refractivity contribution in [1.82, 2.24) is 10.3 Å². The van der Waals surface area contributed by atoms with Gasteiger partial charge >= 0.3 is 0 Å². The summed E-state index contributed by atoms with van der Waals surface area (Å²) in [6.45, 7) is 2.18. The number of anilines is 1. The molecule has 0 spiro atoms. The van der Waals surface area contributed by atoms with Crippen molar-refractivity contribution in [1.29, 1.82) is 0 Å². The van der Waals surface area contributed by atoms with Crippen LogP contribution in [0, 0.1) is 0 Å². The van der Waals surface area contributed by atoms with Gasteiger partial charge in [-0.05, 0) is 37.1 Å². The number of fused-ring (bicyclic) bond motifs is 1. The van der Waals surface area contributed by atoms with Gasteiger partial charge in [-0.3, -0.25) is 14.6 Å². The zero-order chi connectivity index (χ0) is 15.8. The van der Waals surface area contributed by atoms with Gasteiger partial charge in [0, 0.05) is 37.2 Å². The number of rotatable bonds is 7. The Balaban J connectivity index is 1.73. The molecular weight excluding hydrogens is 278 g/mol. The van der Waals surface area contributed by atoms with Crippen molar-refractivity contribution in [2.45, 2.75) is 32.6 Å². The van der Waals surface area contributed by atoms with Gasteiger partial charge in [0.05, 0.1) is 5.52 Å². The van der Waals surface area contributed by atoms with E-state index in [-0.39, 0.29) is 11.8 Å². The van der Waals surface area contributed by atoms with E-state index in [9.17, 15) is 9.59 Å². The summed E-state index contributed by atoms with van der Waals surface area (Å²) in [5.74, 6) is 0.00584. The van der Waals surface area contributed by atoms with E-state index < -0.39 is 0 Å². The lowest BCUT2D eigenvalue weighted by molar-refractivity contribution is -0.119. The van der Waals surface area contributed by atoms with Crippen molar-refractivity contribution in [2.24, 2.45) is 0 Å². The van der Waals surface area contributed by atoms with Crippen molar-refractivity contribution in [3.8, 4) is 0 Å². The van der Waals surface area contributed by atoms with E-state index >= 15 is 0 Å². The summed E-state index contributed by atoms with van der Waals surface area (Å²) < 4.78 is 0. The lowest BCUT2D eigenvalue weighted by atomic mass is 10.1. The number of pyridine rings is 1. The first kappa shape index (κ1) is 15.9. The molecule has 0 saturated heterocycles. The number of carbonyl (C=O) groups is 2. The van der Waals surface area contributed by atoms with Crippen LogP contribution in [0.5, 0.6) is 0 Å². The van der Waals surface area contributed by atoms with Crippen LogP contribution in [0.3, 0.4) is 0 Å². The maximum Gasteiger partial charge on any atom is 0.224 e. The van der Waals surface area contributed by atoms with E-state index in [0.29, 0.717) is 13.0 Å². The second kappa shape index (κ2) is 8.12. The Labute approximate surface area is 130 Å². The predicted molar refractivity (Wildman–Crippen MR) is 87.5 cm³/mol. The van der Waals surface area contributed by atoms with Gasteiger partial charge in [-0.15, -0.1) is 0 Å². The number of hydrogen-bond donors (Lipinski definition) is 2. The highest BCUT2D eigenvalue weighted by Crippen LogP contribution is 2.17. The van der Waals surface area contributed by atoms with E-state index in [1.165, 1.54) is 6.92 Å². The van der Waals surface area contributed by atoms with Gasteiger partial charge in [0.15, 0.2) is 0 Å². The Morgan fingerprint density at radius 3 is 2.82 bits per heavy atom. The van der Waals surface area contributed by atoms with E-state index in [0.717, 1.165) is 35.9 Å². The molecule has 2 rings (SSSR count). The van der Waals surface area contributed by atoms with Crippen molar-refractivity contribution in [3.63, 3.8) is 0 Å². The molecule has 1 aromatic carbocycles. The number of carbonyl (C=O) groups excluding carboxylic acids is 2. The van der Waals surface area contributed by atoms with E-state index in [1.807, 2.05) is 30.3 Å². The highest BCUT2D eigenvalue weighted by molar-refractivity contribution is 5.93. The molecule has 2 amide bonds. The average Bonchev–Trinajstić information content (AvgIpc) is 2.50. The summed E-state index contributed by atoms with van der Waals surface area (Å²) in [6.07, 6.45) is 4.89. The molecule has 0 aliphatic heterocycles. The zero-order valence-electron chi connectivity index (χ0n) is 12.8. The van der Waals surface area contributed by atoms with Crippen LogP contribution in [0.15, 0.2) is 36.5 Å². The third-order valence-electron chi connectivity index (χ3n) is 3.34. The van der Waals surface area contributed by atoms with E-state index in [1.54, 1.807) is 6.20 Å². The molecular formula is C17H21N3O2. The smallest absolute Gasteiger partial charge is 0.224 e. The monoisotopic (exact) mass is 299 g/mol. The molecule has 1 heterocycles. The quantitative estimate of drug-likeness (QED) is 0.772. The maximum absolute atomic E-state index is 11.9. The molecule has 0 unspecified atom stereocenters. The normalized spacial score (nSPS) is 10.4. The summed E-state index contributed by atoms with van der Waals surface area (Å²) in [4.78, 5) is 26.8. The van der Waals surface area contributed by atoms with Gasteiger partial charge in [-0.25, -0.2) is 0 Å². The van der Waals surface area contributed by atoms with E-state index in [4.69, 9.17) is 0 Å². The highest BCUT2D eigenvalue weighted by atomic mass is 16.2. The fourth-order valence-corrected chi connectivity index (χ4v) is 2.23. The molecule has 116 valence electrons. The van der Waals surface area contributed by atoms with Crippen molar-refractivity contribution >= 4 is 28.4 Å². The van der Waals surface area contributed by atoms with Gasteiger partial charge in [-0.1, -0.05) is 12.5 Å². The minimum absolute atomic E-state index is 0.0106. The van der Waals surface area contributed by atoms with Crippen molar-refractivity contribution in [3.05, 3.63) is 36.5 Å². The predicted octanol–water partition coefficient (Wildman–Crippen LogP) is 2.87. The van der Waals surface area contributed by atoms with Gasteiger partial charge < -0.3 is 10.6 Å². The first-order valence-corrected chi connectivity index (χ1v) is 7.54. The average molecular weight is 299 g/mol. The third-order valence-corrected chi connectivity index (χ3v) is 3.34. The Hall–Kier alpha value is -2.43. The number of nitrogens with zero attached hydrogens (tertiary/aromatic N) is 1. The SMILES string of the molecule is CC(=O)NCCCCCC(=O)Nc1ccc2ncccc2c1. The Morgan fingerprint density at radius 1 is 1.14 bits per heavy atom. The van der Waals surface area contributed by atoms with Crippen LogP contribution >= 0.6 is 0 Å². The topological polar surface area (TPSA) is 71.1 Å². The lowest BCUT2D eigenvalue weighted by Gasteiger charge is -2.06. The summed E-state index contributed by atoms with van der Waals surface area (Å²) in [6, 6.07) is 9.54. The number of benzene rings is 1. The molecule has 2 N–H and O–H groups in total. The summed E-state index contributed by atoms with van der Waals surface area (Å²) in [5, 5.41) is 6.66. The molecule has 2 aromatic rings. The zero-order valence-corrected chi connectivity index (χ0v) is 12.8. The maximum atomic E-state index is 11.9. The summed E-state index contributed by atoms with van der Waals surface area (Å²) in [5.41, 5.74) is 1.71. The lowest BCUT2D eigenvalue weighted by Crippen LogP contribution is -2.20. The van der Waals surface area contributed by atoms with Crippen LogP contribution in [0.1, 0.15) is 32.6 Å².